The molecule has 1 heterocycles. The Labute approximate surface area is 53.6 Å². The summed E-state index contributed by atoms with van der Waals surface area (Å²) in [5.41, 5.74) is 0.834. The zero-order valence-electron chi connectivity index (χ0n) is 4.60. The zero-order chi connectivity index (χ0) is 5.98. The van der Waals surface area contributed by atoms with E-state index in [0.29, 0.717) is 0 Å². The number of ether oxygens (including phenoxy) is 1. The van der Waals surface area contributed by atoms with Crippen LogP contribution < -0.4 is 0 Å². The van der Waals surface area contributed by atoms with Crippen LogP contribution >= 0.6 is 11.6 Å². The molecule has 0 saturated carbocycles. The van der Waals surface area contributed by atoms with Crippen LogP contribution in [0.2, 0.25) is 0 Å². The van der Waals surface area contributed by atoms with Crippen molar-refractivity contribution in [1.29, 1.82) is 0 Å². The zero-order valence-corrected chi connectivity index (χ0v) is 5.35. The average Bonchev–Trinajstić information content (AvgIpc) is 1.77. The maximum Gasteiger partial charge on any atom is 0.190 e. The van der Waals surface area contributed by atoms with Gasteiger partial charge in [0.2, 0.25) is 0 Å². The molecule has 0 aromatic rings. The second kappa shape index (κ2) is 2.23. The molecule has 0 aromatic carbocycles. The molecule has 1 rings (SSSR count). The summed E-state index contributed by atoms with van der Waals surface area (Å²) in [5.74, 6) is 0. The van der Waals surface area contributed by atoms with Crippen LogP contribution in [0, 0.1) is 0 Å². The molecule has 0 aliphatic carbocycles. The predicted molar refractivity (Wildman–Crippen MR) is 33.6 cm³/mol. The molecule has 0 radical (unpaired) electrons. The minimum absolute atomic E-state index is 0.265. The smallest absolute Gasteiger partial charge is 0.190 e. The largest absolute Gasteiger partial charge is 0.478 e. The summed E-state index contributed by atoms with van der Waals surface area (Å²) in [6.45, 7) is 1.96. The summed E-state index contributed by atoms with van der Waals surface area (Å²) in [7, 11) is 0. The van der Waals surface area contributed by atoms with Gasteiger partial charge in [0.1, 0.15) is 0 Å². The summed E-state index contributed by atoms with van der Waals surface area (Å²) < 4.78 is 4.91. The Hall–Kier alpha value is -0.430. The van der Waals surface area contributed by atoms with Crippen LogP contribution in [0.1, 0.15) is 6.92 Å². The Morgan fingerprint density at radius 2 is 2.50 bits per heavy atom. The van der Waals surface area contributed by atoms with E-state index in [-0.39, 0.29) is 5.56 Å². The molecular weight excluding hydrogens is 124 g/mol. The molecule has 8 heavy (non-hydrogen) atoms. The van der Waals surface area contributed by atoms with E-state index in [4.69, 9.17) is 16.3 Å². The SMILES string of the molecule is CC1=COC(Cl)C=C1. The average molecular weight is 131 g/mol. The first kappa shape index (κ1) is 5.70. The van der Waals surface area contributed by atoms with Crippen LogP contribution in [-0.4, -0.2) is 5.56 Å². The van der Waals surface area contributed by atoms with Gasteiger partial charge in [-0.25, -0.2) is 0 Å². The Kier molecular flexibility index (Phi) is 1.59. The third-order valence-electron chi connectivity index (χ3n) is 0.894. The third kappa shape index (κ3) is 1.27. The number of alkyl halides is 1. The standard InChI is InChI=1S/C6H7ClO/c1-5-2-3-6(7)8-4-5/h2-4,6H,1H3. The van der Waals surface area contributed by atoms with Gasteiger partial charge in [-0.1, -0.05) is 17.7 Å². The highest BCUT2D eigenvalue weighted by Crippen LogP contribution is 2.10. The summed E-state index contributed by atoms with van der Waals surface area (Å²) in [6.07, 6.45) is 5.38. The molecule has 0 fully saturated rings. The predicted octanol–water partition coefficient (Wildman–Crippen LogP) is 2.04. The van der Waals surface area contributed by atoms with E-state index in [1.54, 1.807) is 12.3 Å². The van der Waals surface area contributed by atoms with Gasteiger partial charge in [-0.2, -0.15) is 0 Å². The van der Waals surface area contributed by atoms with Gasteiger partial charge in [0.05, 0.1) is 6.26 Å². The van der Waals surface area contributed by atoms with Crippen molar-refractivity contribution in [3.63, 3.8) is 0 Å². The number of hydrogen-bond acceptors (Lipinski definition) is 1. The third-order valence-corrected chi connectivity index (χ3v) is 1.14. The molecule has 1 aliphatic rings. The first-order chi connectivity index (χ1) is 3.79. The van der Waals surface area contributed by atoms with Gasteiger partial charge in [0, 0.05) is 0 Å². The minimum atomic E-state index is -0.265. The van der Waals surface area contributed by atoms with E-state index in [2.05, 4.69) is 0 Å². The van der Waals surface area contributed by atoms with Crippen LogP contribution in [0.4, 0.5) is 0 Å². The Morgan fingerprint density at radius 3 is 2.88 bits per heavy atom. The molecule has 2 heteroatoms. The van der Waals surface area contributed by atoms with E-state index in [1.165, 1.54) is 0 Å². The van der Waals surface area contributed by atoms with Gasteiger partial charge < -0.3 is 4.74 Å². The Morgan fingerprint density at radius 1 is 1.75 bits per heavy atom. The van der Waals surface area contributed by atoms with Crippen LogP contribution in [0.15, 0.2) is 24.0 Å². The maximum atomic E-state index is 5.53. The van der Waals surface area contributed by atoms with Gasteiger partial charge in [-0.05, 0) is 18.6 Å². The molecular formula is C6H7ClO. The lowest BCUT2D eigenvalue weighted by Crippen LogP contribution is -1.98. The molecule has 0 saturated heterocycles. The summed E-state index contributed by atoms with van der Waals surface area (Å²) in [4.78, 5) is 0. The fourth-order valence-electron chi connectivity index (χ4n) is 0.484. The summed E-state index contributed by atoms with van der Waals surface area (Å²) in [5, 5.41) is 0. The van der Waals surface area contributed by atoms with Gasteiger partial charge in [-0.15, -0.1) is 0 Å². The molecule has 0 N–H and O–H groups in total. The number of hydrogen-bond donors (Lipinski definition) is 0. The lowest BCUT2D eigenvalue weighted by atomic mass is 10.3. The van der Waals surface area contributed by atoms with E-state index < -0.39 is 0 Å². The first-order valence-electron chi connectivity index (χ1n) is 2.43. The van der Waals surface area contributed by atoms with Crippen molar-refractivity contribution in [2.24, 2.45) is 0 Å². The van der Waals surface area contributed by atoms with E-state index in [1.807, 2.05) is 13.0 Å². The molecule has 0 spiro atoms. The molecule has 0 aromatic heterocycles. The van der Waals surface area contributed by atoms with Crippen molar-refractivity contribution in [2.45, 2.75) is 12.5 Å². The fraction of sp³-hybridized carbons (Fsp3) is 0.333. The lowest BCUT2D eigenvalue weighted by molar-refractivity contribution is 0.248. The molecule has 0 bridgehead atoms. The maximum absolute atomic E-state index is 5.53. The highest BCUT2D eigenvalue weighted by atomic mass is 35.5. The molecule has 0 amide bonds. The molecule has 44 valence electrons. The van der Waals surface area contributed by atoms with Crippen LogP contribution in [-0.2, 0) is 4.74 Å². The minimum Gasteiger partial charge on any atom is -0.478 e. The Balaban J connectivity index is 2.58. The fourth-order valence-corrected chi connectivity index (χ4v) is 0.609. The molecule has 1 nitrogen and oxygen atoms in total. The monoisotopic (exact) mass is 130 g/mol. The van der Waals surface area contributed by atoms with Crippen LogP contribution in [0.5, 0.6) is 0 Å². The quantitative estimate of drug-likeness (QED) is 0.456. The van der Waals surface area contributed by atoms with Crippen molar-refractivity contribution in [3.8, 4) is 0 Å². The normalized spacial score (nSPS) is 26.8. The molecule has 1 atom stereocenters. The van der Waals surface area contributed by atoms with Crippen molar-refractivity contribution >= 4 is 11.6 Å². The second-order valence-electron chi connectivity index (χ2n) is 1.71. The summed E-state index contributed by atoms with van der Waals surface area (Å²) >= 11 is 5.53. The van der Waals surface area contributed by atoms with Crippen molar-refractivity contribution in [2.75, 3.05) is 0 Å². The van der Waals surface area contributed by atoms with E-state index in [9.17, 15) is 0 Å². The first-order valence-corrected chi connectivity index (χ1v) is 2.87. The molecule has 1 aliphatic heterocycles. The van der Waals surface area contributed by atoms with Crippen LogP contribution in [0.3, 0.4) is 0 Å². The van der Waals surface area contributed by atoms with Crippen molar-refractivity contribution in [3.05, 3.63) is 24.0 Å². The second-order valence-corrected chi connectivity index (χ2v) is 2.14. The highest BCUT2D eigenvalue weighted by Gasteiger charge is 2.00. The van der Waals surface area contributed by atoms with E-state index >= 15 is 0 Å². The van der Waals surface area contributed by atoms with Crippen molar-refractivity contribution in [1.82, 2.24) is 0 Å². The van der Waals surface area contributed by atoms with Gasteiger partial charge >= 0.3 is 0 Å². The van der Waals surface area contributed by atoms with Gasteiger partial charge in [0.25, 0.3) is 0 Å². The van der Waals surface area contributed by atoms with Crippen LogP contribution in [0.25, 0.3) is 0 Å². The number of allylic oxidation sites excluding steroid dienone is 2. The lowest BCUT2D eigenvalue weighted by Gasteiger charge is -2.08. The summed E-state index contributed by atoms with van der Waals surface area (Å²) in [6, 6.07) is 0. The van der Waals surface area contributed by atoms with Gasteiger partial charge in [0.15, 0.2) is 5.56 Å². The van der Waals surface area contributed by atoms with Crippen molar-refractivity contribution < 1.29 is 4.74 Å². The number of rotatable bonds is 0. The van der Waals surface area contributed by atoms with E-state index in [0.717, 1.165) is 5.57 Å². The molecule has 1 unspecified atom stereocenters. The Bertz CT molecular complexity index is 137. The number of halogens is 1. The highest BCUT2D eigenvalue weighted by molar-refractivity contribution is 6.20. The van der Waals surface area contributed by atoms with Gasteiger partial charge in [-0.3, -0.25) is 0 Å². The topological polar surface area (TPSA) is 9.23 Å².